The largest absolute Gasteiger partial charge is 0.481 e. The zero-order valence-corrected chi connectivity index (χ0v) is 11.8. The Hall–Kier alpha value is -1.10. The molecule has 0 saturated heterocycles. The van der Waals surface area contributed by atoms with Crippen molar-refractivity contribution >= 4 is 11.9 Å². The van der Waals surface area contributed by atoms with Gasteiger partial charge in [0.2, 0.25) is 0 Å². The number of hydrogen-bond acceptors (Lipinski definition) is 4. The topological polar surface area (TPSA) is 83.8 Å². The Labute approximate surface area is 114 Å². The number of aliphatic carboxylic acids is 1. The molecule has 112 valence electrons. The quantitative estimate of drug-likeness (QED) is 0.322. The monoisotopic (exact) mass is 274 g/mol. The van der Waals surface area contributed by atoms with Crippen molar-refractivity contribution in [3.05, 3.63) is 0 Å². The van der Waals surface area contributed by atoms with Gasteiger partial charge in [0.15, 0.2) is 0 Å². The summed E-state index contributed by atoms with van der Waals surface area (Å²) in [5, 5.41) is 17.1. The van der Waals surface area contributed by atoms with Gasteiger partial charge in [0.25, 0.3) is 0 Å². The fraction of sp³-hybridized carbons (Fsp3) is 0.857. The average Bonchev–Trinajstić information content (AvgIpc) is 2.39. The van der Waals surface area contributed by atoms with E-state index in [0.717, 1.165) is 19.3 Å². The summed E-state index contributed by atoms with van der Waals surface area (Å²) >= 11 is 0. The Morgan fingerprint density at radius 3 is 2.00 bits per heavy atom. The molecule has 0 bridgehead atoms. The second-order valence-corrected chi connectivity index (χ2v) is 4.97. The number of carbonyl (C=O) groups is 2. The minimum absolute atomic E-state index is 0.262. The maximum absolute atomic E-state index is 10.9. The summed E-state index contributed by atoms with van der Waals surface area (Å²) in [6.07, 6.45) is 9.32. The van der Waals surface area contributed by atoms with Crippen LogP contribution >= 0.6 is 0 Å². The third-order valence-electron chi connectivity index (χ3n) is 3.27. The highest BCUT2D eigenvalue weighted by atomic mass is 17.1. The molecule has 1 unspecified atom stereocenters. The lowest BCUT2D eigenvalue weighted by Crippen LogP contribution is -2.18. The smallest absolute Gasteiger partial charge is 0.342 e. The molecule has 0 heterocycles. The van der Waals surface area contributed by atoms with Gasteiger partial charge < -0.3 is 9.99 Å². The van der Waals surface area contributed by atoms with Gasteiger partial charge in [-0.1, -0.05) is 58.3 Å². The number of carboxylic acids is 1. The van der Waals surface area contributed by atoms with E-state index in [1.54, 1.807) is 0 Å². The second-order valence-electron chi connectivity index (χ2n) is 4.97. The number of hydrogen-bond donors (Lipinski definition) is 2. The molecule has 0 aliphatic heterocycles. The van der Waals surface area contributed by atoms with Gasteiger partial charge in [0.05, 0.1) is 12.3 Å². The van der Waals surface area contributed by atoms with Gasteiger partial charge in [0, 0.05) is 0 Å². The molecule has 5 nitrogen and oxygen atoms in total. The molecule has 0 aromatic rings. The molecule has 0 saturated carbocycles. The molecule has 0 aliphatic rings. The van der Waals surface area contributed by atoms with Gasteiger partial charge >= 0.3 is 11.9 Å². The van der Waals surface area contributed by atoms with E-state index >= 15 is 0 Å². The van der Waals surface area contributed by atoms with Gasteiger partial charge in [-0.3, -0.25) is 4.79 Å². The molecular formula is C14H26O5. The Kier molecular flexibility index (Phi) is 11.3. The van der Waals surface area contributed by atoms with E-state index in [1.807, 2.05) is 0 Å². The van der Waals surface area contributed by atoms with Gasteiger partial charge in [-0.15, -0.1) is 0 Å². The van der Waals surface area contributed by atoms with Crippen molar-refractivity contribution < 1.29 is 24.8 Å². The fourth-order valence-electron chi connectivity index (χ4n) is 2.08. The van der Waals surface area contributed by atoms with E-state index in [9.17, 15) is 9.59 Å². The van der Waals surface area contributed by atoms with Crippen LogP contribution in [-0.2, 0) is 14.5 Å². The summed E-state index contributed by atoms with van der Waals surface area (Å²) in [5.74, 6) is -2.64. The molecule has 2 N–H and O–H groups in total. The first-order chi connectivity index (χ1) is 9.11. The minimum Gasteiger partial charge on any atom is -0.481 e. The highest BCUT2D eigenvalue weighted by Gasteiger charge is 2.21. The van der Waals surface area contributed by atoms with E-state index < -0.39 is 17.9 Å². The Morgan fingerprint density at radius 2 is 1.53 bits per heavy atom. The van der Waals surface area contributed by atoms with Crippen molar-refractivity contribution in [3.63, 3.8) is 0 Å². The maximum Gasteiger partial charge on any atom is 0.342 e. The third kappa shape index (κ3) is 10.5. The van der Waals surface area contributed by atoms with Crippen LogP contribution in [-0.4, -0.2) is 22.3 Å². The summed E-state index contributed by atoms with van der Waals surface area (Å²) in [4.78, 5) is 25.2. The summed E-state index contributed by atoms with van der Waals surface area (Å²) in [6, 6.07) is 0. The fourth-order valence-corrected chi connectivity index (χ4v) is 2.08. The predicted molar refractivity (Wildman–Crippen MR) is 71.7 cm³/mol. The van der Waals surface area contributed by atoms with Gasteiger partial charge in [-0.2, -0.15) is 5.26 Å². The first-order valence-electron chi connectivity index (χ1n) is 7.18. The minimum atomic E-state index is -1.01. The first-order valence-corrected chi connectivity index (χ1v) is 7.18. The van der Waals surface area contributed by atoms with Crippen LogP contribution in [0.15, 0.2) is 0 Å². The summed E-state index contributed by atoms with van der Waals surface area (Å²) in [6.45, 7) is 2.18. The number of carboxylic acid groups (broad SMARTS) is 1. The SMILES string of the molecule is CCCCCCCCCCC(CC(=O)OO)C(=O)O. The zero-order chi connectivity index (χ0) is 14.5. The lowest BCUT2D eigenvalue weighted by atomic mass is 9.97. The average molecular weight is 274 g/mol. The molecule has 0 spiro atoms. The van der Waals surface area contributed by atoms with E-state index in [-0.39, 0.29) is 6.42 Å². The van der Waals surface area contributed by atoms with Crippen LogP contribution in [0.5, 0.6) is 0 Å². The van der Waals surface area contributed by atoms with Crippen LogP contribution in [0.1, 0.15) is 71.1 Å². The van der Waals surface area contributed by atoms with Crippen LogP contribution in [0.25, 0.3) is 0 Å². The van der Waals surface area contributed by atoms with Crippen LogP contribution < -0.4 is 0 Å². The van der Waals surface area contributed by atoms with Gasteiger partial charge in [-0.05, 0) is 6.42 Å². The normalized spacial score (nSPS) is 12.1. The Bertz CT molecular complexity index is 252. The molecule has 19 heavy (non-hydrogen) atoms. The number of unbranched alkanes of at least 4 members (excludes halogenated alkanes) is 7. The van der Waals surface area contributed by atoms with Crippen LogP contribution in [0.2, 0.25) is 0 Å². The van der Waals surface area contributed by atoms with E-state index in [4.69, 9.17) is 10.4 Å². The van der Waals surface area contributed by atoms with E-state index in [2.05, 4.69) is 11.8 Å². The van der Waals surface area contributed by atoms with Crippen LogP contribution in [0, 0.1) is 5.92 Å². The molecule has 0 rings (SSSR count). The molecule has 0 amide bonds. The number of rotatable bonds is 12. The van der Waals surface area contributed by atoms with Crippen molar-refractivity contribution in [2.75, 3.05) is 0 Å². The van der Waals surface area contributed by atoms with Gasteiger partial charge in [0.1, 0.15) is 0 Å². The molecular weight excluding hydrogens is 248 g/mol. The van der Waals surface area contributed by atoms with Crippen molar-refractivity contribution in [1.29, 1.82) is 0 Å². The zero-order valence-electron chi connectivity index (χ0n) is 11.8. The lowest BCUT2D eigenvalue weighted by Gasteiger charge is -2.09. The summed E-state index contributed by atoms with van der Waals surface area (Å²) in [7, 11) is 0. The third-order valence-corrected chi connectivity index (χ3v) is 3.27. The molecule has 1 atom stereocenters. The molecule has 0 aromatic heterocycles. The predicted octanol–water partition coefficient (Wildman–Crippen LogP) is 3.62. The maximum atomic E-state index is 10.9. The molecule has 0 aliphatic carbocycles. The standard InChI is InChI=1S/C14H26O5/c1-2-3-4-5-6-7-8-9-10-12(14(16)17)11-13(15)19-18/h12,18H,2-11H2,1H3,(H,16,17). The van der Waals surface area contributed by atoms with Crippen molar-refractivity contribution in [2.24, 2.45) is 5.92 Å². The molecule has 0 radical (unpaired) electrons. The van der Waals surface area contributed by atoms with E-state index in [0.29, 0.717) is 6.42 Å². The Balaban J connectivity index is 3.59. The van der Waals surface area contributed by atoms with Crippen LogP contribution in [0.3, 0.4) is 0 Å². The molecule has 5 heteroatoms. The molecule has 0 fully saturated rings. The second kappa shape index (κ2) is 12.0. The summed E-state index contributed by atoms with van der Waals surface area (Å²) < 4.78 is 0. The van der Waals surface area contributed by atoms with Crippen molar-refractivity contribution in [3.8, 4) is 0 Å². The van der Waals surface area contributed by atoms with E-state index in [1.165, 1.54) is 32.1 Å². The highest BCUT2D eigenvalue weighted by Crippen LogP contribution is 2.16. The number of carbonyl (C=O) groups excluding carboxylic acids is 1. The first kappa shape index (κ1) is 17.9. The molecule has 0 aromatic carbocycles. The van der Waals surface area contributed by atoms with Gasteiger partial charge in [-0.25, -0.2) is 4.79 Å². The van der Waals surface area contributed by atoms with Crippen molar-refractivity contribution in [1.82, 2.24) is 0 Å². The Morgan fingerprint density at radius 1 is 1.00 bits per heavy atom. The summed E-state index contributed by atoms with van der Waals surface area (Å²) in [5.41, 5.74) is 0. The highest BCUT2D eigenvalue weighted by molar-refractivity contribution is 5.78. The van der Waals surface area contributed by atoms with Crippen molar-refractivity contribution in [2.45, 2.75) is 71.1 Å². The van der Waals surface area contributed by atoms with Crippen LogP contribution in [0.4, 0.5) is 0 Å². The lowest BCUT2D eigenvalue weighted by molar-refractivity contribution is -0.235.